The van der Waals surface area contributed by atoms with Gasteiger partial charge in [0.15, 0.2) is 6.04 Å². The average Bonchev–Trinajstić information content (AvgIpc) is 2.40. The molecule has 0 aliphatic heterocycles. The van der Waals surface area contributed by atoms with Crippen LogP contribution in [-0.4, -0.2) is 34.2 Å². The lowest BCUT2D eigenvalue weighted by Gasteiger charge is -2.31. The molecule has 0 aromatic heterocycles. The van der Waals surface area contributed by atoms with Gasteiger partial charge >= 0.3 is 12.1 Å². The Balaban J connectivity index is 3.30. The summed E-state index contributed by atoms with van der Waals surface area (Å²) in [6, 6.07) is 2.54. The number of carboxylic acids is 1. The van der Waals surface area contributed by atoms with Crippen molar-refractivity contribution in [2.24, 2.45) is 0 Å². The topological polar surface area (TPSA) is 66.8 Å². The minimum atomic E-state index is -1.51. The third kappa shape index (κ3) is 5.10. The molecular weight excluding hydrogens is 325 g/mol. The maximum Gasteiger partial charge on any atom is 0.411 e. The number of nitrogens with zero attached hydrogens (tertiary/aromatic N) is 1. The zero-order chi connectivity index (χ0) is 17.8. The molecule has 23 heavy (non-hydrogen) atoms. The largest absolute Gasteiger partial charge is 0.479 e. The van der Waals surface area contributed by atoms with E-state index in [1.165, 1.54) is 18.2 Å². The van der Waals surface area contributed by atoms with Gasteiger partial charge in [-0.2, -0.15) is 0 Å². The summed E-state index contributed by atoms with van der Waals surface area (Å²) in [7, 11) is 0. The maximum absolute atomic E-state index is 14.2. The molecular formula is C16H21ClFNO4. The summed E-state index contributed by atoms with van der Waals surface area (Å²) >= 11 is 5.73. The molecule has 0 spiro atoms. The fourth-order valence-electron chi connectivity index (χ4n) is 2.05. The van der Waals surface area contributed by atoms with E-state index in [-0.39, 0.29) is 17.1 Å². The number of ether oxygens (including phenoxy) is 1. The predicted molar refractivity (Wildman–Crippen MR) is 85.0 cm³/mol. The SMILES string of the molecule is CCCN(C(=O)OC(C)(C)C)C(C(=O)O)c1cccc(Cl)c1F. The Kier molecular flexibility index (Phi) is 6.38. The average molecular weight is 346 g/mol. The van der Waals surface area contributed by atoms with Gasteiger partial charge in [0, 0.05) is 12.1 Å². The highest BCUT2D eigenvalue weighted by Gasteiger charge is 2.35. The van der Waals surface area contributed by atoms with Gasteiger partial charge in [-0.25, -0.2) is 14.0 Å². The van der Waals surface area contributed by atoms with Crippen molar-refractivity contribution in [1.29, 1.82) is 0 Å². The standard InChI is InChI=1S/C16H21ClFNO4/c1-5-9-19(15(22)23-16(2,3)4)13(14(20)21)10-7-6-8-11(17)12(10)18/h6-8,13H,5,9H2,1-4H3,(H,20,21). The van der Waals surface area contributed by atoms with E-state index in [0.29, 0.717) is 6.42 Å². The Morgan fingerprint density at radius 3 is 2.48 bits per heavy atom. The van der Waals surface area contributed by atoms with Crippen LogP contribution in [0.3, 0.4) is 0 Å². The zero-order valence-electron chi connectivity index (χ0n) is 13.6. The third-order valence-electron chi connectivity index (χ3n) is 2.91. The Bertz CT molecular complexity index is 586. The minimum Gasteiger partial charge on any atom is -0.479 e. The first kappa shape index (κ1) is 19.2. The van der Waals surface area contributed by atoms with Crippen LogP contribution in [0.15, 0.2) is 18.2 Å². The summed E-state index contributed by atoms with van der Waals surface area (Å²) in [5.74, 6) is -2.21. The van der Waals surface area contributed by atoms with Gasteiger partial charge < -0.3 is 9.84 Å². The lowest BCUT2D eigenvalue weighted by molar-refractivity contribution is -0.143. The molecule has 1 rings (SSSR count). The number of hydrogen-bond acceptors (Lipinski definition) is 3. The Hall–Kier alpha value is -1.82. The van der Waals surface area contributed by atoms with Gasteiger partial charge in [0.1, 0.15) is 11.4 Å². The quantitative estimate of drug-likeness (QED) is 0.866. The summed E-state index contributed by atoms with van der Waals surface area (Å²) in [5, 5.41) is 9.33. The molecule has 0 heterocycles. The van der Waals surface area contributed by atoms with Gasteiger partial charge in [-0.1, -0.05) is 30.7 Å². The molecule has 0 saturated carbocycles. The van der Waals surface area contributed by atoms with Crippen molar-refractivity contribution < 1.29 is 23.8 Å². The lowest BCUT2D eigenvalue weighted by Crippen LogP contribution is -2.43. The summed E-state index contributed by atoms with van der Waals surface area (Å²) in [5.41, 5.74) is -0.969. The summed E-state index contributed by atoms with van der Waals surface area (Å²) in [6.45, 7) is 6.91. The van der Waals surface area contributed by atoms with Gasteiger partial charge in [0.2, 0.25) is 0 Å². The second kappa shape index (κ2) is 7.64. The highest BCUT2D eigenvalue weighted by Crippen LogP contribution is 2.29. The molecule has 0 aliphatic carbocycles. The van der Waals surface area contributed by atoms with E-state index in [1.54, 1.807) is 27.7 Å². The van der Waals surface area contributed by atoms with E-state index in [2.05, 4.69) is 0 Å². The zero-order valence-corrected chi connectivity index (χ0v) is 14.4. The Morgan fingerprint density at radius 2 is 2.00 bits per heavy atom. The molecule has 1 aromatic rings. The van der Waals surface area contributed by atoms with Crippen LogP contribution in [-0.2, 0) is 9.53 Å². The van der Waals surface area contributed by atoms with Crippen molar-refractivity contribution in [3.8, 4) is 0 Å². The van der Waals surface area contributed by atoms with Gasteiger partial charge in [-0.3, -0.25) is 4.90 Å². The Morgan fingerprint density at radius 1 is 1.39 bits per heavy atom. The molecule has 0 radical (unpaired) electrons. The van der Waals surface area contributed by atoms with Crippen LogP contribution in [0.2, 0.25) is 5.02 Å². The number of carbonyl (C=O) groups is 2. The van der Waals surface area contributed by atoms with Gasteiger partial charge in [0.05, 0.1) is 5.02 Å². The van der Waals surface area contributed by atoms with Gasteiger partial charge in [0.25, 0.3) is 0 Å². The molecule has 1 amide bonds. The van der Waals surface area contributed by atoms with Crippen LogP contribution in [0.4, 0.5) is 9.18 Å². The van der Waals surface area contributed by atoms with E-state index >= 15 is 0 Å². The first-order valence-corrected chi connectivity index (χ1v) is 7.62. The van der Waals surface area contributed by atoms with Crippen LogP contribution in [0.5, 0.6) is 0 Å². The summed E-state index contributed by atoms with van der Waals surface area (Å²) in [6.07, 6.45) is -0.322. The molecule has 0 bridgehead atoms. The summed E-state index contributed by atoms with van der Waals surface area (Å²) < 4.78 is 19.5. The van der Waals surface area contributed by atoms with Crippen molar-refractivity contribution in [3.63, 3.8) is 0 Å². The molecule has 5 nitrogen and oxygen atoms in total. The van der Waals surface area contributed by atoms with Crippen LogP contribution >= 0.6 is 11.6 Å². The van der Waals surface area contributed by atoms with Crippen molar-refractivity contribution >= 4 is 23.7 Å². The number of aliphatic carboxylic acids is 1. The molecule has 1 unspecified atom stereocenters. The number of halogens is 2. The van der Waals surface area contributed by atoms with Crippen molar-refractivity contribution in [2.45, 2.75) is 45.8 Å². The maximum atomic E-state index is 14.2. The monoisotopic (exact) mass is 345 g/mol. The van der Waals surface area contributed by atoms with E-state index in [9.17, 15) is 19.1 Å². The smallest absolute Gasteiger partial charge is 0.411 e. The van der Waals surface area contributed by atoms with Crippen LogP contribution < -0.4 is 0 Å². The van der Waals surface area contributed by atoms with Crippen molar-refractivity contribution in [3.05, 3.63) is 34.6 Å². The van der Waals surface area contributed by atoms with E-state index in [4.69, 9.17) is 16.3 Å². The number of amides is 1. The van der Waals surface area contributed by atoms with Crippen molar-refractivity contribution in [1.82, 2.24) is 4.90 Å². The van der Waals surface area contributed by atoms with E-state index < -0.39 is 29.5 Å². The van der Waals surface area contributed by atoms with E-state index in [1.807, 2.05) is 0 Å². The summed E-state index contributed by atoms with van der Waals surface area (Å²) in [4.78, 5) is 25.0. The number of benzene rings is 1. The molecule has 1 N–H and O–H groups in total. The molecule has 7 heteroatoms. The molecule has 1 aromatic carbocycles. The number of hydrogen-bond donors (Lipinski definition) is 1. The molecule has 128 valence electrons. The van der Waals surface area contributed by atoms with E-state index in [0.717, 1.165) is 4.90 Å². The molecule has 1 atom stereocenters. The van der Waals surface area contributed by atoms with Crippen LogP contribution in [0.1, 0.15) is 45.7 Å². The molecule has 0 aliphatic rings. The minimum absolute atomic E-state index is 0.109. The fraction of sp³-hybridized carbons (Fsp3) is 0.500. The normalized spacial score (nSPS) is 12.6. The van der Waals surface area contributed by atoms with Crippen LogP contribution in [0, 0.1) is 5.82 Å². The van der Waals surface area contributed by atoms with Crippen molar-refractivity contribution in [2.75, 3.05) is 6.54 Å². The predicted octanol–water partition coefficient (Wildman–Crippen LogP) is 4.25. The van der Waals surface area contributed by atoms with Crippen LogP contribution in [0.25, 0.3) is 0 Å². The number of carbonyl (C=O) groups excluding carboxylic acids is 1. The number of rotatable bonds is 5. The second-order valence-corrected chi connectivity index (χ2v) is 6.46. The van der Waals surface area contributed by atoms with Gasteiger partial charge in [-0.05, 0) is 33.3 Å². The Labute approximate surface area is 140 Å². The molecule has 0 saturated heterocycles. The first-order valence-electron chi connectivity index (χ1n) is 7.24. The number of carboxylic acid groups (broad SMARTS) is 1. The fourth-order valence-corrected chi connectivity index (χ4v) is 2.23. The highest BCUT2D eigenvalue weighted by atomic mass is 35.5. The highest BCUT2D eigenvalue weighted by molar-refractivity contribution is 6.30. The second-order valence-electron chi connectivity index (χ2n) is 6.06. The lowest BCUT2D eigenvalue weighted by atomic mass is 10.0. The first-order chi connectivity index (χ1) is 10.6. The molecule has 0 fully saturated rings. The third-order valence-corrected chi connectivity index (χ3v) is 3.21. The van der Waals surface area contributed by atoms with Gasteiger partial charge in [-0.15, -0.1) is 0 Å².